The smallest absolute Gasteiger partial charge is 0.303 e. The molecule has 0 fully saturated rings. The number of unbranched alkanes of at least 4 members (excludes halogenated alkanes) is 2. The summed E-state index contributed by atoms with van der Waals surface area (Å²) < 4.78 is 120. The lowest BCUT2D eigenvalue weighted by atomic mass is 9.76. The monoisotopic (exact) mass is 909 g/mol. The van der Waals surface area contributed by atoms with Crippen molar-refractivity contribution in [3.63, 3.8) is 0 Å². The Morgan fingerprint density at radius 1 is 0.738 bits per heavy atom. The van der Waals surface area contributed by atoms with E-state index in [1.807, 2.05) is 42.7 Å². The number of nitrogens with zero attached hydrogens (tertiary/aromatic N) is 2. The third kappa shape index (κ3) is 13.0. The number of fused-ring (bicyclic) bond motifs is 2. The Bertz CT molecular complexity index is 2390. The fourth-order valence-corrected chi connectivity index (χ4v) is 9.43. The number of carboxylic acid groups (broad SMARTS) is 1. The fraction of sp³-hybridized carbons (Fsp3) is 0.476. The molecule has 0 spiro atoms. The lowest BCUT2D eigenvalue weighted by Crippen LogP contribution is -2.32. The van der Waals surface area contributed by atoms with E-state index in [4.69, 9.17) is 19.3 Å². The van der Waals surface area contributed by atoms with Crippen LogP contribution in [0.25, 0.3) is 0 Å². The van der Waals surface area contributed by atoms with E-state index in [0.717, 1.165) is 11.4 Å². The molecule has 0 aliphatic carbocycles. The summed E-state index contributed by atoms with van der Waals surface area (Å²) in [5.74, 6) is -1.41. The van der Waals surface area contributed by atoms with Crippen LogP contribution in [0.2, 0.25) is 0 Å². The highest BCUT2D eigenvalue weighted by Gasteiger charge is 2.48. The Morgan fingerprint density at radius 2 is 1.38 bits per heavy atom. The molecule has 4 N–H and O–H groups in total. The molecule has 4 rings (SSSR count). The van der Waals surface area contributed by atoms with Crippen molar-refractivity contribution >= 4 is 53.4 Å². The van der Waals surface area contributed by atoms with Crippen molar-refractivity contribution in [3.8, 4) is 0 Å². The summed E-state index contributed by atoms with van der Waals surface area (Å²) in [5.41, 5.74) is 2.55. The molecule has 2 aliphatic rings. The Balaban J connectivity index is 1.71. The number of hydrogen-bond acceptors (Lipinski definition) is 11. The highest BCUT2D eigenvalue weighted by molar-refractivity contribution is 7.86. The second-order valence-electron chi connectivity index (χ2n) is 15.3. The molecule has 2 aromatic carbocycles. The van der Waals surface area contributed by atoms with Gasteiger partial charge in [-0.05, 0) is 87.9 Å². The molecule has 0 bridgehead atoms. The molecule has 0 saturated carbocycles. The van der Waals surface area contributed by atoms with Crippen LogP contribution in [0.15, 0.2) is 94.4 Å². The molecule has 0 saturated heterocycles. The number of benzene rings is 2. The van der Waals surface area contributed by atoms with Gasteiger partial charge in [-0.15, -0.1) is 0 Å². The van der Waals surface area contributed by atoms with Crippen LogP contribution in [0.5, 0.6) is 0 Å². The number of methoxy groups -OCH3 is 2. The molecule has 19 heteroatoms. The van der Waals surface area contributed by atoms with Gasteiger partial charge < -0.3 is 24.2 Å². The molecule has 336 valence electrons. The Hall–Kier alpha value is -4.05. The average Bonchev–Trinajstić information content (AvgIpc) is 3.54. The number of anilines is 1. The standard InChI is InChI=1S/C42H56N2O14S3/c1-41(21-13-29-59(47,48)49)34-30-32(60(50,51)52)17-19-36(34)43(23-12-8-11-16-40(45)46)38(41)14-9-6-5-7-10-15-39-42(2,22-25-58-28-27-57-4)35-31-33(61(53,54)55)18-20-37(35)44(39)24-26-56-3/h5-7,9-10,14-15,17-20,30-31H,8,11-13,16,21-29H2,1-4H3,(H3-,45,46,47,48,49,50,51,52,53,54,55)/p+1. The van der Waals surface area contributed by atoms with E-state index in [1.165, 1.54) is 24.3 Å². The molecule has 61 heavy (non-hydrogen) atoms. The van der Waals surface area contributed by atoms with Crippen molar-refractivity contribution in [1.82, 2.24) is 0 Å². The minimum Gasteiger partial charge on any atom is -0.481 e. The number of carbonyl (C=O) groups is 1. The first-order valence-electron chi connectivity index (χ1n) is 19.8. The lowest BCUT2D eigenvalue weighted by molar-refractivity contribution is -0.438. The van der Waals surface area contributed by atoms with Gasteiger partial charge in [0.25, 0.3) is 30.4 Å². The molecule has 0 amide bonds. The number of rotatable bonds is 25. The number of ether oxygens (including phenoxy) is 3. The third-order valence-electron chi connectivity index (χ3n) is 11.0. The van der Waals surface area contributed by atoms with Crippen molar-refractivity contribution in [2.45, 2.75) is 79.4 Å². The van der Waals surface area contributed by atoms with E-state index >= 15 is 0 Å². The van der Waals surface area contributed by atoms with Crippen molar-refractivity contribution in [2.24, 2.45) is 0 Å². The van der Waals surface area contributed by atoms with Crippen LogP contribution in [-0.2, 0) is 60.2 Å². The van der Waals surface area contributed by atoms with Gasteiger partial charge in [0.15, 0.2) is 5.71 Å². The van der Waals surface area contributed by atoms with Crippen LogP contribution >= 0.6 is 0 Å². The number of hydrogen-bond donors (Lipinski definition) is 4. The molecular weight excluding hydrogens is 853 g/mol. The summed E-state index contributed by atoms with van der Waals surface area (Å²) in [5, 5.41) is 9.11. The number of aliphatic carboxylic acids is 1. The van der Waals surface area contributed by atoms with Crippen LogP contribution in [0, 0.1) is 0 Å². The van der Waals surface area contributed by atoms with Gasteiger partial charge in [0.05, 0.1) is 40.8 Å². The first kappa shape index (κ1) is 49.6. The average molecular weight is 910 g/mol. The first-order chi connectivity index (χ1) is 28.7. The van der Waals surface area contributed by atoms with Gasteiger partial charge >= 0.3 is 5.97 Å². The second-order valence-corrected chi connectivity index (χ2v) is 19.7. The maximum atomic E-state index is 12.2. The van der Waals surface area contributed by atoms with Crippen LogP contribution in [0.4, 0.5) is 11.4 Å². The minimum atomic E-state index is -4.58. The largest absolute Gasteiger partial charge is 0.481 e. The Labute approximate surface area is 359 Å². The van der Waals surface area contributed by atoms with Crippen LogP contribution in [0.3, 0.4) is 0 Å². The highest BCUT2D eigenvalue weighted by Crippen LogP contribution is 2.51. The van der Waals surface area contributed by atoms with Gasteiger partial charge in [-0.2, -0.15) is 29.8 Å². The predicted molar refractivity (Wildman–Crippen MR) is 231 cm³/mol. The molecule has 0 radical (unpaired) electrons. The summed E-state index contributed by atoms with van der Waals surface area (Å²) in [7, 11) is -10.2. The molecule has 16 nitrogen and oxygen atoms in total. The van der Waals surface area contributed by atoms with Crippen molar-refractivity contribution in [2.75, 3.05) is 64.4 Å². The molecule has 2 aliphatic heterocycles. The summed E-state index contributed by atoms with van der Waals surface area (Å²) in [6.45, 7) is 6.23. The quantitative estimate of drug-likeness (QED) is 0.0394. The summed E-state index contributed by atoms with van der Waals surface area (Å²) in [6, 6.07) is 8.79. The van der Waals surface area contributed by atoms with E-state index in [9.17, 15) is 43.7 Å². The van der Waals surface area contributed by atoms with E-state index < -0.39 is 52.9 Å². The minimum absolute atomic E-state index is 0.0166. The second kappa shape index (κ2) is 21.4. The Morgan fingerprint density at radius 3 is 2.02 bits per heavy atom. The Kier molecular flexibility index (Phi) is 17.4. The summed E-state index contributed by atoms with van der Waals surface area (Å²) in [6.07, 6.45) is 15.2. The van der Waals surface area contributed by atoms with Gasteiger partial charge in [-0.3, -0.25) is 18.5 Å². The maximum Gasteiger partial charge on any atom is 0.303 e. The predicted octanol–water partition coefficient (Wildman–Crippen LogP) is 5.88. The van der Waals surface area contributed by atoms with Crippen molar-refractivity contribution in [1.29, 1.82) is 0 Å². The van der Waals surface area contributed by atoms with Crippen LogP contribution in [-0.4, -0.2) is 120 Å². The van der Waals surface area contributed by atoms with E-state index in [1.54, 1.807) is 44.6 Å². The van der Waals surface area contributed by atoms with E-state index in [2.05, 4.69) is 4.90 Å². The first-order valence-corrected chi connectivity index (χ1v) is 24.3. The zero-order valence-electron chi connectivity index (χ0n) is 34.9. The fourth-order valence-electron chi connectivity index (χ4n) is 7.91. The lowest BCUT2D eigenvalue weighted by Gasteiger charge is -2.30. The van der Waals surface area contributed by atoms with Crippen LogP contribution < -0.4 is 4.90 Å². The zero-order chi connectivity index (χ0) is 45.1. The molecule has 2 unspecified atom stereocenters. The van der Waals surface area contributed by atoms with E-state index in [0.29, 0.717) is 87.7 Å². The van der Waals surface area contributed by atoms with E-state index in [-0.39, 0.29) is 29.1 Å². The molecule has 2 heterocycles. The third-order valence-corrected chi connectivity index (χ3v) is 13.5. The number of carboxylic acids is 1. The van der Waals surface area contributed by atoms with Gasteiger partial charge in [0, 0.05) is 74.7 Å². The molecule has 2 atom stereocenters. The molecular formula is C42H57N2O14S3+. The molecule has 2 aromatic rings. The van der Waals surface area contributed by atoms with Gasteiger partial charge in [-0.1, -0.05) is 30.4 Å². The number of allylic oxidation sites excluding steroid dienone is 8. The topological polar surface area (TPSA) is 234 Å². The maximum absolute atomic E-state index is 12.2. The van der Waals surface area contributed by atoms with Crippen LogP contribution in [0.1, 0.15) is 69.9 Å². The van der Waals surface area contributed by atoms with Gasteiger partial charge in [0.2, 0.25) is 5.69 Å². The SMILES string of the molecule is COCCOCCC1(C)\C(=C/C=C/C=C/C=C/C2=[N+](CCCCCC(=O)O)c3ccc(S(=O)(=O)O)cc3C2(C)CCCS(=O)(=O)O)N(CCOC)c2ccc(S(=O)(=O)O)cc21. The van der Waals surface area contributed by atoms with Gasteiger partial charge in [0.1, 0.15) is 6.54 Å². The van der Waals surface area contributed by atoms with Crippen molar-refractivity contribution in [3.05, 3.63) is 95.8 Å². The molecule has 0 aromatic heterocycles. The van der Waals surface area contributed by atoms with Gasteiger partial charge in [-0.25, -0.2) is 0 Å². The van der Waals surface area contributed by atoms with Crippen molar-refractivity contribution < 1.29 is 67.6 Å². The highest BCUT2D eigenvalue weighted by atomic mass is 32.2. The summed E-state index contributed by atoms with van der Waals surface area (Å²) >= 11 is 0. The summed E-state index contributed by atoms with van der Waals surface area (Å²) in [4.78, 5) is 12.6. The normalized spacial score (nSPS) is 20.2. The zero-order valence-corrected chi connectivity index (χ0v) is 37.3.